The molecular formula is C21H26N2O6. The van der Waals surface area contributed by atoms with Crippen molar-refractivity contribution in [3.63, 3.8) is 0 Å². The van der Waals surface area contributed by atoms with E-state index in [0.717, 1.165) is 0 Å². The molecule has 0 aromatic heterocycles. The molecule has 29 heavy (non-hydrogen) atoms. The molecule has 0 radical (unpaired) electrons. The maximum atomic E-state index is 13.0. The largest absolute Gasteiger partial charge is 0.486 e. The van der Waals surface area contributed by atoms with E-state index in [9.17, 15) is 14.4 Å². The second-order valence-electron chi connectivity index (χ2n) is 7.67. The topological polar surface area (TPSA) is 85.4 Å². The van der Waals surface area contributed by atoms with Crippen LogP contribution in [0.1, 0.15) is 36.5 Å². The van der Waals surface area contributed by atoms with Crippen LogP contribution in [0.2, 0.25) is 0 Å². The highest BCUT2D eigenvalue weighted by Gasteiger charge is 2.56. The van der Waals surface area contributed by atoms with Crippen LogP contribution in [-0.4, -0.2) is 73.1 Å². The zero-order valence-corrected chi connectivity index (χ0v) is 16.8. The highest BCUT2D eigenvalue weighted by atomic mass is 16.6. The number of likely N-dealkylation sites (tertiary alicyclic amines) is 2. The molecule has 4 rings (SSSR count). The van der Waals surface area contributed by atoms with Crippen molar-refractivity contribution in [3.05, 3.63) is 23.8 Å². The van der Waals surface area contributed by atoms with Gasteiger partial charge in [-0.25, -0.2) is 0 Å². The number of fused-ring (bicyclic) bond motifs is 1. The third-order valence-corrected chi connectivity index (χ3v) is 6.37. The van der Waals surface area contributed by atoms with Crippen molar-refractivity contribution in [3.8, 4) is 11.5 Å². The lowest BCUT2D eigenvalue weighted by Gasteiger charge is -2.46. The van der Waals surface area contributed by atoms with Crippen molar-refractivity contribution in [2.24, 2.45) is 5.92 Å². The molecule has 2 amide bonds. The van der Waals surface area contributed by atoms with E-state index in [-0.39, 0.29) is 24.2 Å². The van der Waals surface area contributed by atoms with Crippen LogP contribution >= 0.6 is 0 Å². The fraction of sp³-hybridized carbons (Fsp3) is 0.571. The van der Waals surface area contributed by atoms with Gasteiger partial charge in [0.2, 0.25) is 5.91 Å². The maximum Gasteiger partial charge on any atom is 0.311 e. The third-order valence-electron chi connectivity index (χ3n) is 6.37. The van der Waals surface area contributed by atoms with Crippen LogP contribution in [0.25, 0.3) is 0 Å². The second kappa shape index (κ2) is 7.57. The summed E-state index contributed by atoms with van der Waals surface area (Å²) in [6, 6.07) is 5.22. The second-order valence-corrected chi connectivity index (χ2v) is 7.67. The first-order valence-electron chi connectivity index (χ1n) is 10.1. The summed E-state index contributed by atoms with van der Waals surface area (Å²) in [5, 5.41) is 0. The van der Waals surface area contributed by atoms with Crippen molar-refractivity contribution in [2.45, 2.75) is 31.7 Å². The van der Waals surface area contributed by atoms with Gasteiger partial charge in [-0.05, 0) is 38.0 Å². The molecule has 0 saturated carbocycles. The normalized spacial score (nSPS) is 22.7. The Morgan fingerprint density at radius 3 is 2.52 bits per heavy atom. The number of hydrogen-bond acceptors (Lipinski definition) is 6. The Labute approximate surface area is 169 Å². The number of rotatable bonds is 3. The Hall–Kier alpha value is -2.77. The van der Waals surface area contributed by atoms with Crippen molar-refractivity contribution in [1.29, 1.82) is 0 Å². The van der Waals surface area contributed by atoms with Crippen molar-refractivity contribution in [1.82, 2.24) is 9.80 Å². The highest BCUT2D eigenvalue weighted by molar-refractivity contribution is 5.95. The third kappa shape index (κ3) is 3.20. The van der Waals surface area contributed by atoms with Crippen LogP contribution in [0.5, 0.6) is 11.5 Å². The fourth-order valence-electron chi connectivity index (χ4n) is 4.92. The molecule has 0 aliphatic carbocycles. The number of carbonyl (C=O) groups is 3. The van der Waals surface area contributed by atoms with E-state index in [0.29, 0.717) is 62.8 Å². The molecule has 0 bridgehead atoms. The van der Waals surface area contributed by atoms with Gasteiger partial charge < -0.3 is 24.0 Å². The van der Waals surface area contributed by atoms with E-state index in [1.807, 2.05) is 6.92 Å². The van der Waals surface area contributed by atoms with Crippen molar-refractivity contribution >= 4 is 17.8 Å². The molecule has 1 atom stereocenters. The summed E-state index contributed by atoms with van der Waals surface area (Å²) in [4.78, 5) is 41.5. The molecule has 1 spiro atoms. The maximum absolute atomic E-state index is 13.0. The first-order valence-corrected chi connectivity index (χ1v) is 10.1. The van der Waals surface area contributed by atoms with Crippen molar-refractivity contribution in [2.75, 3.05) is 40.0 Å². The first kappa shape index (κ1) is 19.5. The Kier molecular flexibility index (Phi) is 5.10. The minimum atomic E-state index is -0.567. The number of ether oxygens (including phenoxy) is 3. The molecule has 8 heteroatoms. The molecule has 1 aromatic carbocycles. The quantitative estimate of drug-likeness (QED) is 0.712. The molecular weight excluding hydrogens is 376 g/mol. The van der Waals surface area contributed by atoms with Gasteiger partial charge >= 0.3 is 5.97 Å². The molecule has 0 N–H and O–H groups in total. The Bertz CT molecular complexity index is 828. The fourth-order valence-corrected chi connectivity index (χ4v) is 4.92. The number of hydrogen-bond donors (Lipinski definition) is 0. The smallest absolute Gasteiger partial charge is 0.311 e. The lowest BCUT2D eigenvalue weighted by molar-refractivity contribution is -0.150. The summed E-state index contributed by atoms with van der Waals surface area (Å²) in [6.45, 7) is 4.39. The van der Waals surface area contributed by atoms with Crippen LogP contribution < -0.4 is 9.47 Å². The minimum absolute atomic E-state index is 0.0190. The molecule has 3 aliphatic rings. The molecule has 3 aliphatic heterocycles. The highest BCUT2D eigenvalue weighted by Crippen LogP contribution is 2.44. The molecule has 3 heterocycles. The van der Waals surface area contributed by atoms with Gasteiger partial charge in [-0.2, -0.15) is 0 Å². The number of esters is 1. The minimum Gasteiger partial charge on any atom is -0.486 e. The van der Waals surface area contributed by atoms with Gasteiger partial charge in [0, 0.05) is 31.6 Å². The van der Waals surface area contributed by atoms with E-state index < -0.39 is 11.5 Å². The molecule has 2 fully saturated rings. The van der Waals surface area contributed by atoms with E-state index in [1.54, 1.807) is 28.0 Å². The van der Waals surface area contributed by atoms with E-state index in [1.165, 1.54) is 7.11 Å². The Balaban J connectivity index is 1.51. The standard InChI is InChI=1S/C21H26N2O6/c1-3-23-18(24)13-15(20(26)27-2)21(23)6-8-22(9-7-21)19(25)14-4-5-16-17(12-14)29-11-10-28-16/h4-5,12,15H,3,6-11,13H2,1-2H3. The summed E-state index contributed by atoms with van der Waals surface area (Å²) in [6.07, 6.45) is 1.29. The Morgan fingerprint density at radius 1 is 1.17 bits per heavy atom. The zero-order valence-electron chi connectivity index (χ0n) is 16.8. The molecule has 156 valence electrons. The van der Waals surface area contributed by atoms with Gasteiger partial charge in [0.1, 0.15) is 13.2 Å². The molecule has 2 saturated heterocycles. The van der Waals surface area contributed by atoms with Gasteiger partial charge in [0.15, 0.2) is 11.5 Å². The van der Waals surface area contributed by atoms with Gasteiger partial charge in [0.05, 0.1) is 18.6 Å². The number of amides is 2. The summed E-state index contributed by atoms with van der Waals surface area (Å²) < 4.78 is 16.1. The SMILES string of the molecule is CCN1C(=O)CC(C(=O)OC)C12CCN(C(=O)c1ccc3c(c1)OCCO3)CC2. The number of piperidine rings is 1. The summed E-state index contributed by atoms with van der Waals surface area (Å²) in [5.74, 6) is 0.301. The number of carbonyl (C=O) groups excluding carboxylic acids is 3. The van der Waals surface area contributed by atoms with Crippen molar-refractivity contribution < 1.29 is 28.6 Å². The first-order chi connectivity index (χ1) is 14.0. The number of benzene rings is 1. The Morgan fingerprint density at radius 2 is 1.86 bits per heavy atom. The van der Waals surface area contributed by atoms with Crippen LogP contribution in [0.3, 0.4) is 0 Å². The average molecular weight is 402 g/mol. The van der Waals surface area contributed by atoms with Crippen LogP contribution in [-0.2, 0) is 14.3 Å². The lowest BCUT2D eigenvalue weighted by atomic mass is 9.76. The van der Waals surface area contributed by atoms with Gasteiger partial charge in [-0.1, -0.05) is 0 Å². The van der Waals surface area contributed by atoms with Gasteiger partial charge in [-0.3, -0.25) is 14.4 Å². The summed E-state index contributed by atoms with van der Waals surface area (Å²) in [7, 11) is 1.36. The molecule has 1 unspecified atom stereocenters. The van der Waals surface area contributed by atoms with E-state index in [4.69, 9.17) is 14.2 Å². The number of nitrogens with zero attached hydrogens (tertiary/aromatic N) is 2. The molecule has 8 nitrogen and oxygen atoms in total. The van der Waals surface area contributed by atoms with Crippen LogP contribution in [0.15, 0.2) is 18.2 Å². The summed E-state index contributed by atoms with van der Waals surface area (Å²) in [5.41, 5.74) is -0.0211. The van der Waals surface area contributed by atoms with Crippen LogP contribution in [0.4, 0.5) is 0 Å². The van der Waals surface area contributed by atoms with E-state index in [2.05, 4.69) is 0 Å². The summed E-state index contributed by atoms with van der Waals surface area (Å²) >= 11 is 0. The van der Waals surface area contributed by atoms with Gasteiger partial charge in [0.25, 0.3) is 5.91 Å². The average Bonchev–Trinajstić information content (AvgIpc) is 3.03. The monoisotopic (exact) mass is 402 g/mol. The van der Waals surface area contributed by atoms with Crippen LogP contribution in [0, 0.1) is 5.92 Å². The van der Waals surface area contributed by atoms with Gasteiger partial charge in [-0.15, -0.1) is 0 Å². The predicted molar refractivity (Wildman–Crippen MR) is 103 cm³/mol. The van der Waals surface area contributed by atoms with E-state index >= 15 is 0 Å². The predicted octanol–water partition coefficient (Wildman–Crippen LogP) is 1.47. The number of methoxy groups -OCH3 is 1. The molecule has 1 aromatic rings. The lowest BCUT2D eigenvalue weighted by Crippen LogP contribution is -2.58. The zero-order chi connectivity index (χ0) is 20.6.